The molecule has 0 aliphatic rings. The second kappa shape index (κ2) is 9.63. The van der Waals surface area contributed by atoms with Crippen molar-refractivity contribution in [3.8, 4) is 17.6 Å². The van der Waals surface area contributed by atoms with Crippen molar-refractivity contribution in [3.05, 3.63) is 65.2 Å². The molecular formula is C20H19N3O4. The van der Waals surface area contributed by atoms with Gasteiger partial charge in [-0.1, -0.05) is 36.4 Å². The Morgan fingerprint density at radius 1 is 1.19 bits per heavy atom. The smallest absolute Gasteiger partial charge is 0.262 e. The lowest BCUT2D eigenvalue weighted by Gasteiger charge is -2.10. The summed E-state index contributed by atoms with van der Waals surface area (Å²) in [5.41, 5.74) is 6.52. The van der Waals surface area contributed by atoms with Crippen LogP contribution >= 0.6 is 0 Å². The molecule has 0 radical (unpaired) electrons. The van der Waals surface area contributed by atoms with Crippen molar-refractivity contribution in [1.29, 1.82) is 5.26 Å². The first-order valence-corrected chi connectivity index (χ1v) is 8.06. The number of nitrogens with one attached hydrogen (secondary N) is 1. The van der Waals surface area contributed by atoms with E-state index >= 15 is 0 Å². The van der Waals surface area contributed by atoms with Gasteiger partial charge in [0.2, 0.25) is 0 Å². The summed E-state index contributed by atoms with van der Waals surface area (Å²) in [6.45, 7) is 0.0405. The number of hydrogen-bond donors (Lipinski definition) is 2. The number of nitrogens with zero attached hydrogens (tertiary/aromatic N) is 1. The molecule has 0 spiro atoms. The predicted octanol–water partition coefficient (Wildman–Crippen LogP) is 1.78. The van der Waals surface area contributed by atoms with Gasteiger partial charge in [-0.05, 0) is 29.3 Å². The maximum atomic E-state index is 12.2. The van der Waals surface area contributed by atoms with Crippen LogP contribution in [0.4, 0.5) is 0 Å². The second-order valence-electron chi connectivity index (χ2n) is 5.50. The number of rotatable bonds is 8. The molecule has 2 amide bonds. The summed E-state index contributed by atoms with van der Waals surface area (Å²) < 4.78 is 10.5. The van der Waals surface area contributed by atoms with E-state index in [9.17, 15) is 14.9 Å². The highest BCUT2D eigenvalue weighted by molar-refractivity contribution is 6.01. The highest BCUT2D eigenvalue weighted by Crippen LogP contribution is 2.28. The zero-order chi connectivity index (χ0) is 19.6. The molecule has 2 rings (SSSR count). The van der Waals surface area contributed by atoms with Crippen molar-refractivity contribution >= 4 is 17.9 Å². The van der Waals surface area contributed by atoms with Crippen molar-refractivity contribution < 1.29 is 19.1 Å². The van der Waals surface area contributed by atoms with E-state index in [-0.39, 0.29) is 12.2 Å². The Labute approximate surface area is 157 Å². The number of hydrogen-bond acceptors (Lipinski definition) is 5. The lowest BCUT2D eigenvalue weighted by atomic mass is 10.1. The van der Waals surface area contributed by atoms with E-state index in [1.54, 1.807) is 18.2 Å². The Hall–Kier alpha value is -3.79. The third-order valence-electron chi connectivity index (χ3n) is 3.53. The molecular weight excluding hydrogens is 346 g/mol. The molecule has 0 bridgehead atoms. The molecule has 7 heteroatoms. The van der Waals surface area contributed by atoms with Crippen LogP contribution in [0.25, 0.3) is 6.08 Å². The van der Waals surface area contributed by atoms with Crippen LogP contribution in [-0.2, 0) is 16.1 Å². The number of nitrogens with two attached hydrogens (primary N) is 1. The molecule has 0 aliphatic carbocycles. The molecule has 0 saturated heterocycles. The van der Waals surface area contributed by atoms with Crippen molar-refractivity contribution in [3.63, 3.8) is 0 Å². The van der Waals surface area contributed by atoms with Gasteiger partial charge in [-0.15, -0.1) is 0 Å². The molecule has 0 atom stereocenters. The first-order chi connectivity index (χ1) is 13.0. The molecule has 0 aliphatic heterocycles. The number of benzene rings is 2. The van der Waals surface area contributed by atoms with Crippen molar-refractivity contribution in [1.82, 2.24) is 5.32 Å². The van der Waals surface area contributed by atoms with Crippen LogP contribution in [0.5, 0.6) is 11.5 Å². The van der Waals surface area contributed by atoms with Crippen LogP contribution in [0, 0.1) is 11.3 Å². The summed E-state index contributed by atoms with van der Waals surface area (Å²) >= 11 is 0. The van der Waals surface area contributed by atoms with Gasteiger partial charge in [0.15, 0.2) is 18.1 Å². The number of carbonyl (C=O) groups excluding carboxylic acids is 2. The van der Waals surface area contributed by atoms with Gasteiger partial charge in [-0.25, -0.2) is 0 Å². The van der Waals surface area contributed by atoms with E-state index in [0.29, 0.717) is 23.6 Å². The van der Waals surface area contributed by atoms with Gasteiger partial charge in [0.1, 0.15) is 11.6 Å². The average Bonchev–Trinajstić information content (AvgIpc) is 2.69. The fourth-order valence-electron chi connectivity index (χ4n) is 2.23. The Morgan fingerprint density at radius 2 is 1.93 bits per heavy atom. The second-order valence-corrected chi connectivity index (χ2v) is 5.50. The highest BCUT2D eigenvalue weighted by atomic mass is 16.5. The average molecular weight is 365 g/mol. The normalized spacial score (nSPS) is 10.6. The molecule has 2 aromatic carbocycles. The third kappa shape index (κ3) is 5.90. The summed E-state index contributed by atoms with van der Waals surface area (Å²) in [6, 6.07) is 16.1. The molecule has 3 N–H and O–H groups in total. The molecule has 0 fully saturated rings. The molecule has 0 unspecified atom stereocenters. The minimum Gasteiger partial charge on any atom is -0.493 e. The SMILES string of the molecule is COc1cc(/C=C(\C#N)C(=O)NCc2ccccc2)ccc1OCC(N)=O. The molecule has 27 heavy (non-hydrogen) atoms. The van der Waals surface area contributed by atoms with Gasteiger partial charge in [0.25, 0.3) is 11.8 Å². The monoisotopic (exact) mass is 365 g/mol. The number of amides is 2. The van der Waals surface area contributed by atoms with Gasteiger partial charge >= 0.3 is 0 Å². The highest BCUT2D eigenvalue weighted by Gasteiger charge is 2.11. The van der Waals surface area contributed by atoms with Crippen molar-refractivity contribution in [2.45, 2.75) is 6.54 Å². The fraction of sp³-hybridized carbons (Fsp3) is 0.150. The van der Waals surface area contributed by atoms with E-state index in [4.69, 9.17) is 15.2 Å². The van der Waals surface area contributed by atoms with Gasteiger partial charge in [0, 0.05) is 6.54 Å². The van der Waals surface area contributed by atoms with Crippen LogP contribution in [-0.4, -0.2) is 25.5 Å². The summed E-state index contributed by atoms with van der Waals surface area (Å²) in [4.78, 5) is 23.1. The molecule has 0 aromatic heterocycles. The van der Waals surface area contributed by atoms with Crippen LogP contribution in [0.3, 0.4) is 0 Å². The first kappa shape index (κ1) is 19.5. The molecule has 0 saturated carbocycles. The molecule has 138 valence electrons. The topological polar surface area (TPSA) is 114 Å². The minimum absolute atomic E-state index is 0.0428. The summed E-state index contributed by atoms with van der Waals surface area (Å²) in [5, 5.41) is 12.0. The van der Waals surface area contributed by atoms with E-state index in [1.807, 2.05) is 36.4 Å². The first-order valence-electron chi connectivity index (χ1n) is 8.06. The Kier molecular flexibility index (Phi) is 6.97. The van der Waals surface area contributed by atoms with Gasteiger partial charge < -0.3 is 20.5 Å². The maximum absolute atomic E-state index is 12.2. The number of nitriles is 1. The van der Waals surface area contributed by atoms with E-state index < -0.39 is 11.8 Å². The van der Waals surface area contributed by atoms with Crippen LogP contribution in [0.15, 0.2) is 54.1 Å². The number of ether oxygens (including phenoxy) is 2. The number of methoxy groups -OCH3 is 1. The largest absolute Gasteiger partial charge is 0.493 e. The number of primary amides is 1. The third-order valence-corrected chi connectivity index (χ3v) is 3.53. The van der Waals surface area contributed by atoms with Crippen molar-refractivity contribution in [2.75, 3.05) is 13.7 Å². The van der Waals surface area contributed by atoms with E-state index in [2.05, 4.69) is 5.32 Å². The van der Waals surface area contributed by atoms with Crippen LogP contribution < -0.4 is 20.5 Å². The van der Waals surface area contributed by atoms with Crippen LogP contribution in [0.1, 0.15) is 11.1 Å². The lowest BCUT2D eigenvalue weighted by molar-refractivity contribution is -0.120. The summed E-state index contributed by atoms with van der Waals surface area (Å²) in [7, 11) is 1.44. The van der Waals surface area contributed by atoms with Gasteiger partial charge in [0.05, 0.1) is 7.11 Å². The van der Waals surface area contributed by atoms with E-state index in [1.165, 1.54) is 13.2 Å². The Bertz CT molecular complexity index is 886. The van der Waals surface area contributed by atoms with E-state index in [0.717, 1.165) is 5.56 Å². The fourth-order valence-corrected chi connectivity index (χ4v) is 2.23. The lowest BCUT2D eigenvalue weighted by Crippen LogP contribution is -2.23. The number of carbonyl (C=O) groups is 2. The quantitative estimate of drug-likeness (QED) is 0.547. The zero-order valence-electron chi connectivity index (χ0n) is 14.8. The van der Waals surface area contributed by atoms with Crippen LogP contribution in [0.2, 0.25) is 0 Å². The summed E-state index contributed by atoms with van der Waals surface area (Å²) in [5.74, 6) is -0.398. The predicted molar refractivity (Wildman–Crippen MR) is 99.6 cm³/mol. The maximum Gasteiger partial charge on any atom is 0.262 e. The Balaban J connectivity index is 2.12. The van der Waals surface area contributed by atoms with Crippen molar-refractivity contribution in [2.24, 2.45) is 5.73 Å². The molecule has 0 heterocycles. The molecule has 7 nitrogen and oxygen atoms in total. The molecule has 2 aromatic rings. The Morgan fingerprint density at radius 3 is 2.56 bits per heavy atom. The standard InChI is InChI=1S/C20H19N3O4/c1-26-18-10-15(7-8-17(18)27-13-19(22)24)9-16(11-21)20(25)23-12-14-5-3-2-4-6-14/h2-10H,12-13H2,1H3,(H2,22,24)(H,23,25)/b16-9+. The minimum atomic E-state index is -0.608. The summed E-state index contributed by atoms with van der Waals surface area (Å²) in [6.07, 6.45) is 1.45. The zero-order valence-corrected chi connectivity index (χ0v) is 14.8. The van der Waals surface area contributed by atoms with Gasteiger partial charge in [-0.2, -0.15) is 5.26 Å². The van der Waals surface area contributed by atoms with Gasteiger partial charge in [-0.3, -0.25) is 9.59 Å².